The van der Waals surface area contributed by atoms with E-state index in [1.54, 1.807) is 19.4 Å². The Kier molecular flexibility index (Phi) is 3.81. The van der Waals surface area contributed by atoms with Crippen LogP contribution in [0.1, 0.15) is 28.9 Å². The number of nitrogens with two attached hydrogens (primary N) is 1. The highest BCUT2D eigenvalue weighted by molar-refractivity contribution is 5.99. The Morgan fingerprint density at radius 2 is 2.33 bits per heavy atom. The molecule has 0 saturated heterocycles. The molecule has 0 bridgehead atoms. The van der Waals surface area contributed by atoms with E-state index in [-0.39, 0.29) is 5.91 Å². The van der Waals surface area contributed by atoms with Crippen LogP contribution in [0.25, 0.3) is 0 Å². The summed E-state index contributed by atoms with van der Waals surface area (Å²) in [7, 11) is 1.64. The second-order valence-electron chi connectivity index (χ2n) is 4.64. The van der Waals surface area contributed by atoms with Gasteiger partial charge in [-0.05, 0) is 25.8 Å². The Balaban J connectivity index is 2.16. The van der Waals surface area contributed by atoms with Gasteiger partial charge in [0, 0.05) is 37.3 Å². The summed E-state index contributed by atoms with van der Waals surface area (Å²) >= 11 is 0. The second-order valence-corrected chi connectivity index (χ2v) is 4.64. The fourth-order valence-electron chi connectivity index (χ4n) is 1.94. The first kappa shape index (κ1) is 12.8. The van der Waals surface area contributed by atoms with Crippen molar-refractivity contribution in [2.45, 2.75) is 25.8 Å². The van der Waals surface area contributed by atoms with Gasteiger partial charge in [0.2, 0.25) is 0 Å². The van der Waals surface area contributed by atoms with Crippen LogP contribution in [0.4, 0.5) is 5.69 Å². The standard InChI is InChI=1S/C13H19N3O2/c1-9-7-12(14)11(8-15-9)13(17)16(5-6-18-2)10-3-4-10/h7-8,10H,3-6H2,1-2H3,(H2,14,15). The Hall–Kier alpha value is -1.62. The molecule has 1 saturated carbocycles. The lowest BCUT2D eigenvalue weighted by molar-refractivity contribution is 0.0681. The minimum absolute atomic E-state index is 0.0421. The summed E-state index contributed by atoms with van der Waals surface area (Å²) in [5.41, 5.74) is 7.69. The molecule has 98 valence electrons. The number of methoxy groups -OCH3 is 1. The number of anilines is 1. The molecule has 0 unspecified atom stereocenters. The monoisotopic (exact) mass is 249 g/mol. The number of rotatable bonds is 5. The fraction of sp³-hybridized carbons (Fsp3) is 0.538. The molecule has 0 radical (unpaired) electrons. The van der Waals surface area contributed by atoms with Crippen molar-refractivity contribution in [1.29, 1.82) is 0 Å². The Bertz CT molecular complexity index is 444. The van der Waals surface area contributed by atoms with Crippen molar-refractivity contribution in [1.82, 2.24) is 9.88 Å². The molecule has 1 aromatic heterocycles. The zero-order chi connectivity index (χ0) is 13.1. The maximum atomic E-state index is 12.4. The van der Waals surface area contributed by atoms with E-state index < -0.39 is 0 Å². The highest BCUT2D eigenvalue weighted by Crippen LogP contribution is 2.29. The molecule has 18 heavy (non-hydrogen) atoms. The Morgan fingerprint density at radius 1 is 1.61 bits per heavy atom. The van der Waals surface area contributed by atoms with E-state index in [0.717, 1.165) is 18.5 Å². The van der Waals surface area contributed by atoms with E-state index in [2.05, 4.69) is 4.98 Å². The predicted octanol–water partition coefficient (Wildman–Crippen LogP) is 1.22. The molecular weight excluding hydrogens is 230 g/mol. The van der Waals surface area contributed by atoms with Crippen molar-refractivity contribution in [3.8, 4) is 0 Å². The number of pyridine rings is 1. The molecule has 5 nitrogen and oxygen atoms in total. The van der Waals surface area contributed by atoms with Crippen LogP contribution in [0.15, 0.2) is 12.3 Å². The van der Waals surface area contributed by atoms with Gasteiger partial charge in [-0.3, -0.25) is 9.78 Å². The van der Waals surface area contributed by atoms with Gasteiger partial charge in [-0.1, -0.05) is 0 Å². The lowest BCUT2D eigenvalue weighted by Gasteiger charge is -2.22. The Labute approximate surface area is 107 Å². The summed E-state index contributed by atoms with van der Waals surface area (Å²) in [5.74, 6) is -0.0421. The minimum atomic E-state index is -0.0421. The second kappa shape index (κ2) is 5.35. The van der Waals surface area contributed by atoms with Crippen LogP contribution in [0, 0.1) is 6.92 Å². The van der Waals surface area contributed by atoms with Gasteiger partial charge >= 0.3 is 0 Å². The van der Waals surface area contributed by atoms with Crippen molar-refractivity contribution in [2.75, 3.05) is 26.0 Å². The van der Waals surface area contributed by atoms with Crippen LogP contribution in [0.5, 0.6) is 0 Å². The normalized spacial score (nSPS) is 14.6. The quantitative estimate of drug-likeness (QED) is 0.852. The number of hydrogen-bond donors (Lipinski definition) is 1. The molecule has 0 aromatic carbocycles. The van der Waals surface area contributed by atoms with Gasteiger partial charge < -0.3 is 15.4 Å². The SMILES string of the molecule is COCCN(C(=O)c1cnc(C)cc1N)C1CC1. The van der Waals surface area contributed by atoms with Crippen molar-refractivity contribution in [2.24, 2.45) is 0 Å². The molecule has 1 fully saturated rings. The molecule has 1 aliphatic carbocycles. The third kappa shape index (κ3) is 2.79. The number of nitrogens with zero attached hydrogens (tertiary/aromatic N) is 2. The molecule has 1 amide bonds. The molecule has 1 aliphatic rings. The van der Waals surface area contributed by atoms with E-state index in [9.17, 15) is 4.79 Å². The summed E-state index contributed by atoms with van der Waals surface area (Å²) in [6.45, 7) is 3.00. The average Bonchev–Trinajstić information content (AvgIpc) is 3.13. The average molecular weight is 249 g/mol. The molecule has 0 spiro atoms. The van der Waals surface area contributed by atoms with Crippen molar-refractivity contribution < 1.29 is 9.53 Å². The number of nitrogen functional groups attached to an aromatic ring is 1. The number of carbonyl (C=O) groups excluding carboxylic acids is 1. The summed E-state index contributed by atoms with van der Waals surface area (Å²) in [5, 5.41) is 0. The lowest BCUT2D eigenvalue weighted by Crippen LogP contribution is -2.36. The highest BCUT2D eigenvalue weighted by atomic mass is 16.5. The van der Waals surface area contributed by atoms with Gasteiger partial charge in [-0.2, -0.15) is 0 Å². The smallest absolute Gasteiger partial charge is 0.257 e. The van der Waals surface area contributed by atoms with Crippen LogP contribution in [-0.2, 0) is 4.74 Å². The summed E-state index contributed by atoms with van der Waals surface area (Å²) in [6.07, 6.45) is 3.69. The third-order valence-corrected chi connectivity index (χ3v) is 3.09. The van der Waals surface area contributed by atoms with E-state index >= 15 is 0 Å². The molecule has 5 heteroatoms. The van der Waals surface area contributed by atoms with Gasteiger partial charge in [-0.25, -0.2) is 0 Å². The number of hydrogen-bond acceptors (Lipinski definition) is 4. The van der Waals surface area contributed by atoms with Gasteiger partial charge in [0.05, 0.1) is 12.2 Å². The zero-order valence-corrected chi connectivity index (χ0v) is 10.8. The summed E-state index contributed by atoms with van der Waals surface area (Å²) < 4.78 is 5.04. The van der Waals surface area contributed by atoms with Crippen molar-refractivity contribution >= 4 is 11.6 Å². The maximum Gasteiger partial charge on any atom is 0.257 e. The molecule has 0 atom stereocenters. The van der Waals surface area contributed by atoms with E-state index in [0.29, 0.717) is 30.4 Å². The first-order valence-corrected chi connectivity index (χ1v) is 6.15. The van der Waals surface area contributed by atoms with Crippen LogP contribution in [-0.4, -0.2) is 42.1 Å². The fourth-order valence-corrected chi connectivity index (χ4v) is 1.94. The number of aromatic nitrogens is 1. The van der Waals surface area contributed by atoms with Crippen LogP contribution < -0.4 is 5.73 Å². The van der Waals surface area contributed by atoms with Gasteiger partial charge in [0.25, 0.3) is 5.91 Å². The predicted molar refractivity (Wildman–Crippen MR) is 69.3 cm³/mol. The zero-order valence-electron chi connectivity index (χ0n) is 10.8. The topological polar surface area (TPSA) is 68.5 Å². The number of aryl methyl sites for hydroxylation is 1. The third-order valence-electron chi connectivity index (χ3n) is 3.09. The molecule has 0 aliphatic heterocycles. The minimum Gasteiger partial charge on any atom is -0.398 e. The van der Waals surface area contributed by atoms with E-state index in [1.807, 2.05) is 11.8 Å². The van der Waals surface area contributed by atoms with Crippen molar-refractivity contribution in [3.63, 3.8) is 0 Å². The molecular formula is C13H19N3O2. The number of amides is 1. The number of ether oxygens (including phenoxy) is 1. The summed E-state index contributed by atoms with van der Waals surface area (Å²) in [4.78, 5) is 18.4. The van der Waals surface area contributed by atoms with Crippen molar-refractivity contribution in [3.05, 3.63) is 23.5 Å². The molecule has 2 N–H and O–H groups in total. The van der Waals surface area contributed by atoms with Crippen LogP contribution in [0.2, 0.25) is 0 Å². The van der Waals surface area contributed by atoms with Gasteiger partial charge in [-0.15, -0.1) is 0 Å². The van der Waals surface area contributed by atoms with Gasteiger partial charge in [0.1, 0.15) is 0 Å². The molecule has 2 rings (SSSR count). The van der Waals surface area contributed by atoms with E-state index in [4.69, 9.17) is 10.5 Å². The lowest BCUT2D eigenvalue weighted by atomic mass is 10.2. The molecule has 1 aromatic rings. The first-order chi connectivity index (χ1) is 8.63. The van der Waals surface area contributed by atoms with Crippen LogP contribution in [0.3, 0.4) is 0 Å². The maximum absolute atomic E-state index is 12.4. The number of carbonyl (C=O) groups is 1. The first-order valence-electron chi connectivity index (χ1n) is 6.15. The largest absolute Gasteiger partial charge is 0.398 e. The molecule has 1 heterocycles. The van der Waals surface area contributed by atoms with E-state index in [1.165, 1.54) is 0 Å². The van der Waals surface area contributed by atoms with Gasteiger partial charge in [0.15, 0.2) is 0 Å². The highest BCUT2D eigenvalue weighted by Gasteiger charge is 2.33. The van der Waals surface area contributed by atoms with Crippen LogP contribution >= 0.6 is 0 Å². The summed E-state index contributed by atoms with van der Waals surface area (Å²) in [6, 6.07) is 2.07. The Morgan fingerprint density at radius 3 is 2.89 bits per heavy atom.